The molecule has 6 heteroatoms. The highest BCUT2D eigenvalue weighted by atomic mass is 35.5. The zero-order chi connectivity index (χ0) is 12.6. The van der Waals surface area contributed by atoms with Crippen molar-refractivity contribution in [3.63, 3.8) is 0 Å². The first kappa shape index (κ1) is 12.8. The second kappa shape index (κ2) is 4.31. The zero-order valence-corrected chi connectivity index (χ0v) is 9.98. The number of halogens is 2. The fourth-order valence-electron chi connectivity index (χ4n) is 1.43. The number of hydrogen-bond acceptors (Lipinski definition) is 2. The molecule has 0 unspecified atom stereocenters. The second-order valence-corrected chi connectivity index (χ2v) is 3.99. The predicted molar refractivity (Wildman–Crippen MR) is 59.9 cm³/mol. The average Bonchev–Trinajstić information content (AvgIpc) is 2.14. The normalized spacial score (nSPS) is 10.2. The lowest BCUT2D eigenvalue weighted by Gasteiger charge is -2.12. The summed E-state index contributed by atoms with van der Waals surface area (Å²) in [7, 11) is 0. The van der Waals surface area contributed by atoms with Gasteiger partial charge in [0.25, 0.3) is 0 Å². The second-order valence-electron chi connectivity index (χ2n) is 3.24. The molecule has 4 nitrogen and oxygen atoms in total. The molecule has 16 heavy (non-hydrogen) atoms. The first-order valence-corrected chi connectivity index (χ1v) is 4.99. The van der Waals surface area contributed by atoms with Gasteiger partial charge in [0.05, 0.1) is 21.2 Å². The quantitative estimate of drug-likeness (QED) is 0.859. The minimum Gasteiger partial charge on any atom is -0.478 e. The Morgan fingerprint density at radius 3 is 1.31 bits per heavy atom. The van der Waals surface area contributed by atoms with Gasteiger partial charge in [-0.3, -0.25) is 0 Å². The summed E-state index contributed by atoms with van der Waals surface area (Å²) in [6, 6.07) is 0. The molecule has 1 aromatic rings. The van der Waals surface area contributed by atoms with Gasteiger partial charge in [0.15, 0.2) is 0 Å². The van der Waals surface area contributed by atoms with E-state index in [0.717, 1.165) is 0 Å². The van der Waals surface area contributed by atoms with Crippen molar-refractivity contribution in [2.45, 2.75) is 13.8 Å². The first-order valence-electron chi connectivity index (χ1n) is 4.23. The van der Waals surface area contributed by atoms with Crippen LogP contribution in [-0.4, -0.2) is 22.2 Å². The van der Waals surface area contributed by atoms with Crippen LogP contribution in [0.25, 0.3) is 0 Å². The minimum atomic E-state index is -1.23. The van der Waals surface area contributed by atoms with Gasteiger partial charge >= 0.3 is 11.9 Å². The standard InChI is InChI=1S/C10H8Cl2O4/c1-3-5(9(13)14)8(12)4(2)6(7(3)11)10(15)16/h1-2H3,(H,13,14)(H,15,16). The van der Waals surface area contributed by atoms with Gasteiger partial charge in [0.1, 0.15) is 0 Å². The molecule has 0 fully saturated rings. The molecule has 0 aliphatic carbocycles. The molecule has 2 N–H and O–H groups in total. The van der Waals surface area contributed by atoms with Crippen molar-refractivity contribution < 1.29 is 19.8 Å². The van der Waals surface area contributed by atoms with Crippen LogP contribution in [0.15, 0.2) is 0 Å². The van der Waals surface area contributed by atoms with Gasteiger partial charge in [-0.05, 0) is 25.0 Å². The average molecular weight is 263 g/mol. The number of rotatable bonds is 2. The van der Waals surface area contributed by atoms with Gasteiger partial charge in [0.2, 0.25) is 0 Å². The summed E-state index contributed by atoms with van der Waals surface area (Å²) in [4.78, 5) is 21.9. The lowest BCUT2D eigenvalue weighted by Crippen LogP contribution is -2.09. The number of carboxylic acids is 2. The maximum Gasteiger partial charge on any atom is 0.337 e. The fraction of sp³-hybridized carbons (Fsp3) is 0.200. The van der Waals surface area contributed by atoms with Crippen LogP contribution in [-0.2, 0) is 0 Å². The van der Waals surface area contributed by atoms with Crippen molar-refractivity contribution in [1.82, 2.24) is 0 Å². The van der Waals surface area contributed by atoms with Gasteiger partial charge in [0, 0.05) is 0 Å². The van der Waals surface area contributed by atoms with E-state index in [4.69, 9.17) is 33.4 Å². The van der Waals surface area contributed by atoms with E-state index in [1.54, 1.807) is 0 Å². The van der Waals surface area contributed by atoms with E-state index in [0.29, 0.717) is 0 Å². The summed E-state index contributed by atoms with van der Waals surface area (Å²) in [5, 5.41) is 17.7. The van der Waals surface area contributed by atoms with Crippen LogP contribution in [0, 0.1) is 13.8 Å². The van der Waals surface area contributed by atoms with Crippen LogP contribution in [0.1, 0.15) is 31.8 Å². The van der Waals surface area contributed by atoms with Gasteiger partial charge in [-0.15, -0.1) is 0 Å². The van der Waals surface area contributed by atoms with Crippen molar-refractivity contribution in [1.29, 1.82) is 0 Å². The van der Waals surface area contributed by atoms with E-state index in [-0.39, 0.29) is 32.3 Å². The maximum atomic E-state index is 10.9. The van der Waals surface area contributed by atoms with E-state index in [1.807, 2.05) is 0 Å². The molecule has 86 valence electrons. The third kappa shape index (κ3) is 1.86. The highest BCUT2D eigenvalue weighted by molar-refractivity contribution is 6.39. The summed E-state index contributed by atoms with van der Waals surface area (Å²) in [6.07, 6.45) is 0. The molecule has 0 heterocycles. The third-order valence-electron chi connectivity index (χ3n) is 2.28. The molecule has 0 atom stereocenters. The van der Waals surface area contributed by atoms with Crippen LogP contribution in [0.3, 0.4) is 0 Å². The fourth-order valence-corrected chi connectivity index (χ4v) is 2.07. The van der Waals surface area contributed by atoms with Crippen molar-refractivity contribution in [3.8, 4) is 0 Å². The lowest BCUT2D eigenvalue weighted by atomic mass is 9.99. The van der Waals surface area contributed by atoms with Crippen LogP contribution < -0.4 is 0 Å². The maximum absolute atomic E-state index is 10.9. The number of aromatic carboxylic acids is 2. The molecule has 0 aliphatic rings. The van der Waals surface area contributed by atoms with E-state index in [9.17, 15) is 9.59 Å². The summed E-state index contributed by atoms with van der Waals surface area (Å²) in [5.74, 6) is -2.46. The van der Waals surface area contributed by atoms with E-state index < -0.39 is 11.9 Å². The Morgan fingerprint density at radius 1 is 0.875 bits per heavy atom. The van der Waals surface area contributed by atoms with Crippen molar-refractivity contribution >= 4 is 35.1 Å². The Balaban J connectivity index is 3.77. The van der Waals surface area contributed by atoms with Crippen LogP contribution in [0.5, 0.6) is 0 Å². The van der Waals surface area contributed by atoms with Gasteiger partial charge in [-0.25, -0.2) is 9.59 Å². The smallest absolute Gasteiger partial charge is 0.337 e. The number of carboxylic acid groups (broad SMARTS) is 2. The summed E-state index contributed by atoms with van der Waals surface area (Å²) in [5.41, 5.74) is -0.00679. The first-order chi connectivity index (χ1) is 7.29. The van der Waals surface area contributed by atoms with E-state index >= 15 is 0 Å². The van der Waals surface area contributed by atoms with Crippen LogP contribution in [0.4, 0.5) is 0 Å². The highest BCUT2D eigenvalue weighted by Crippen LogP contribution is 2.34. The van der Waals surface area contributed by atoms with E-state index in [2.05, 4.69) is 0 Å². The van der Waals surface area contributed by atoms with Crippen molar-refractivity contribution in [2.24, 2.45) is 0 Å². The molecular weight excluding hydrogens is 255 g/mol. The summed E-state index contributed by atoms with van der Waals surface area (Å²) >= 11 is 11.6. The summed E-state index contributed by atoms with van der Waals surface area (Å²) < 4.78 is 0. The topological polar surface area (TPSA) is 74.6 Å². The SMILES string of the molecule is Cc1c(Cl)c(C(=O)O)c(C)c(Cl)c1C(=O)O. The molecule has 0 aliphatic heterocycles. The molecule has 1 rings (SSSR count). The van der Waals surface area contributed by atoms with Crippen molar-refractivity contribution in [2.75, 3.05) is 0 Å². The Bertz CT molecular complexity index is 420. The Labute approximate surface area is 101 Å². The number of benzene rings is 1. The molecule has 0 amide bonds. The zero-order valence-electron chi connectivity index (χ0n) is 8.47. The molecule has 0 bridgehead atoms. The van der Waals surface area contributed by atoms with E-state index in [1.165, 1.54) is 13.8 Å². The number of carbonyl (C=O) groups is 2. The molecule has 1 aromatic carbocycles. The predicted octanol–water partition coefficient (Wildman–Crippen LogP) is 3.01. The molecule has 0 aromatic heterocycles. The molecule has 0 saturated heterocycles. The van der Waals surface area contributed by atoms with Gasteiger partial charge in [-0.2, -0.15) is 0 Å². The van der Waals surface area contributed by atoms with Gasteiger partial charge in [-0.1, -0.05) is 23.2 Å². The Morgan fingerprint density at radius 2 is 1.12 bits per heavy atom. The minimum absolute atomic E-state index is 0.0909. The number of hydrogen-bond donors (Lipinski definition) is 2. The largest absolute Gasteiger partial charge is 0.478 e. The molecule has 0 radical (unpaired) electrons. The highest BCUT2D eigenvalue weighted by Gasteiger charge is 2.24. The van der Waals surface area contributed by atoms with Crippen LogP contribution >= 0.6 is 23.2 Å². The third-order valence-corrected chi connectivity index (χ3v) is 3.22. The van der Waals surface area contributed by atoms with Crippen LogP contribution in [0.2, 0.25) is 10.0 Å². The lowest BCUT2D eigenvalue weighted by molar-refractivity contribution is 0.0680. The molecular formula is C10H8Cl2O4. The van der Waals surface area contributed by atoms with Gasteiger partial charge < -0.3 is 10.2 Å². The Hall–Kier alpha value is -1.26. The Kier molecular flexibility index (Phi) is 3.45. The molecule has 0 saturated carbocycles. The van der Waals surface area contributed by atoms with Crippen molar-refractivity contribution in [3.05, 3.63) is 32.3 Å². The molecule has 0 spiro atoms. The monoisotopic (exact) mass is 262 g/mol. The summed E-state index contributed by atoms with van der Waals surface area (Å²) in [6.45, 7) is 2.84.